The SMILES string of the molecule is COc1cc(C(=O)OCC2OC(OC(=O)c3cc(OC)c(O)c(OC)c3)C(O)C(O)C2O)cc(OC)c1O. The van der Waals surface area contributed by atoms with Gasteiger partial charge < -0.3 is 58.7 Å². The van der Waals surface area contributed by atoms with Crippen LogP contribution in [0, 0.1) is 0 Å². The minimum Gasteiger partial charge on any atom is -0.502 e. The summed E-state index contributed by atoms with van der Waals surface area (Å²) in [6.45, 7) is -0.621. The zero-order chi connectivity index (χ0) is 28.1. The Morgan fingerprint density at radius 1 is 0.711 bits per heavy atom. The van der Waals surface area contributed by atoms with Gasteiger partial charge in [0.25, 0.3) is 0 Å². The molecule has 0 aliphatic carbocycles. The summed E-state index contributed by atoms with van der Waals surface area (Å²) in [6, 6.07) is 4.70. The summed E-state index contributed by atoms with van der Waals surface area (Å²) >= 11 is 0. The summed E-state index contributed by atoms with van der Waals surface area (Å²) in [4.78, 5) is 25.3. The maximum Gasteiger partial charge on any atom is 0.340 e. The van der Waals surface area contributed by atoms with Crippen LogP contribution in [-0.2, 0) is 14.2 Å². The number of hydrogen-bond acceptors (Lipinski definition) is 14. The smallest absolute Gasteiger partial charge is 0.340 e. The molecule has 5 N–H and O–H groups in total. The molecule has 0 aromatic heterocycles. The standard InChI is InChI=1S/C24H28O14/c1-32-12-5-10(6-13(33-2)17(12)25)22(30)36-9-16-19(27)20(28)21(29)24(37-16)38-23(31)11-7-14(34-3)18(26)15(8-11)35-4/h5-8,16,19-21,24-29H,9H2,1-4H3. The highest BCUT2D eigenvalue weighted by Gasteiger charge is 2.46. The van der Waals surface area contributed by atoms with Crippen molar-refractivity contribution in [1.82, 2.24) is 0 Å². The first-order valence-electron chi connectivity index (χ1n) is 11.0. The molecular weight excluding hydrogens is 512 g/mol. The van der Waals surface area contributed by atoms with Crippen LogP contribution in [-0.4, -0.2) is 103 Å². The third-order valence-electron chi connectivity index (χ3n) is 5.70. The van der Waals surface area contributed by atoms with Crippen molar-refractivity contribution in [3.8, 4) is 34.5 Å². The van der Waals surface area contributed by atoms with Gasteiger partial charge in [-0.25, -0.2) is 9.59 Å². The number of aromatic hydroxyl groups is 2. The lowest BCUT2D eigenvalue weighted by molar-refractivity contribution is -0.285. The Kier molecular flexibility index (Phi) is 9.06. The first-order chi connectivity index (χ1) is 18.1. The first-order valence-corrected chi connectivity index (χ1v) is 11.0. The Morgan fingerprint density at radius 3 is 1.55 bits per heavy atom. The van der Waals surface area contributed by atoms with Gasteiger partial charge in [0.05, 0.1) is 39.6 Å². The highest BCUT2D eigenvalue weighted by molar-refractivity contribution is 5.92. The summed E-state index contributed by atoms with van der Waals surface area (Å²) in [5, 5.41) is 50.9. The zero-order valence-corrected chi connectivity index (χ0v) is 20.8. The third-order valence-corrected chi connectivity index (χ3v) is 5.70. The van der Waals surface area contributed by atoms with Crippen molar-refractivity contribution >= 4 is 11.9 Å². The number of phenols is 2. The fourth-order valence-corrected chi connectivity index (χ4v) is 3.59. The van der Waals surface area contributed by atoms with Crippen LogP contribution in [0.15, 0.2) is 24.3 Å². The lowest BCUT2D eigenvalue weighted by Crippen LogP contribution is -2.59. The quantitative estimate of drug-likeness (QED) is 0.265. The molecular formula is C24H28O14. The van der Waals surface area contributed by atoms with E-state index in [9.17, 15) is 35.1 Å². The summed E-state index contributed by atoms with van der Waals surface area (Å²) in [7, 11) is 5.06. The number of carbonyl (C=O) groups is 2. The van der Waals surface area contributed by atoms with Crippen LogP contribution in [0.25, 0.3) is 0 Å². The number of rotatable bonds is 9. The second kappa shape index (κ2) is 12.0. The van der Waals surface area contributed by atoms with Crippen LogP contribution in [0.1, 0.15) is 20.7 Å². The van der Waals surface area contributed by atoms with Crippen LogP contribution in [0.3, 0.4) is 0 Å². The van der Waals surface area contributed by atoms with Crippen molar-refractivity contribution in [2.45, 2.75) is 30.7 Å². The second-order valence-electron chi connectivity index (χ2n) is 7.98. The highest BCUT2D eigenvalue weighted by Crippen LogP contribution is 2.38. The Bertz CT molecular complexity index is 1110. The maximum absolute atomic E-state index is 12.7. The second-order valence-corrected chi connectivity index (χ2v) is 7.98. The van der Waals surface area contributed by atoms with Gasteiger partial charge in [-0.3, -0.25) is 0 Å². The average Bonchev–Trinajstić information content (AvgIpc) is 2.92. The summed E-state index contributed by atoms with van der Waals surface area (Å²) in [6.07, 6.45) is -8.59. The molecule has 0 bridgehead atoms. The molecule has 14 nitrogen and oxygen atoms in total. The molecule has 0 amide bonds. The van der Waals surface area contributed by atoms with Crippen molar-refractivity contribution in [1.29, 1.82) is 0 Å². The van der Waals surface area contributed by atoms with Crippen molar-refractivity contribution in [2.24, 2.45) is 0 Å². The number of ether oxygens (including phenoxy) is 7. The minimum atomic E-state index is -1.85. The van der Waals surface area contributed by atoms with Gasteiger partial charge >= 0.3 is 11.9 Å². The molecule has 2 aromatic carbocycles. The van der Waals surface area contributed by atoms with Gasteiger partial charge in [0.15, 0.2) is 23.0 Å². The van der Waals surface area contributed by atoms with E-state index in [-0.39, 0.29) is 45.6 Å². The van der Waals surface area contributed by atoms with Crippen LogP contribution >= 0.6 is 0 Å². The number of aliphatic hydroxyl groups excluding tert-OH is 3. The van der Waals surface area contributed by atoms with E-state index in [1.165, 1.54) is 40.6 Å². The molecule has 0 spiro atoms. The van der Waals surface area contributed by atoms with Crippen molar-refractivity contribution < 1.29 is 68.3 Å². The number of carbonyl (C=O) groups excluding carboxylic acids is 2. The van der Waals surface area contributed by atoms with Crippen LogP contribution in [0.2, 0.25) is 0 Å². The molecule has 2 aromatic rings. The van der Waals surface area contributed by atoms with Gasteiger partial charge in [-0.15, -0.1) is 0 Å². The monoisotopic (exact) mass is 540 g/mol. The molecule has 208 valence electrons. The molecule has 1 heterocycles. The molecule has 0 radical (unpaired) electrons. The molecule has 0 saturated carbocycles. The van der Waals surface area contributed by atoms with Gasteiger partial charge in [-0.1, -0.05) is 0 Å². The number of benzene rings is 2. The normalized spacial score (nSPS) is 22.8. The van der Waals surface area contributed by atoms with Gasteiger partial charge in [-0.05, 0) is 24.3 Å². The Balaban J connectivity index is 1.73. The van der Waals surface area contributed by atoms with Gasteiger partial charge in [-0.2, -0.15) is 0 Å². The van der Waals surface area contributed by atoms with Crippen molar-refractivity contribution in [3.05, 3.63) is 35.4 Å². The van der Waals surface area contributed by atoms with E-state index in [1.807, 2.05) is 0 Å². The van der Waals surface area contributed by atoms with Crippen molar-refractivity contribution in [3.63, 3.8) is 0 Å². The molecule has 38 heavy (non-hydrogen) atoms. The fraction of sp³-hybridized carbons (Fsp3) is 0.417. The van der Waals surface area contributed by atoms with E-state index < -0.39 is 49.3 Å². The predicted molar refractivity (Wildman–Crippen MR) is 125 cm³/mol. The highest BCUT2D eigenvalue weighted by atomic mass is 16.7. The molecule has 1 fully saturated rings. The third kappa shape index (κ3) is 5.78. The maximum atomic E-state index is 12.7. The molecule has 1 aliphatic heterocycles. The Morgan fingerprint density at radius 2 is 1.13 bits per heavy atom. The predicted octanol–water partition coefficient (Wildman–Crippen LogP) is -0.0464. The number of aliphatic hydroxyl groups is 3. The number of phenolic OH excluding ortho intramolecular Hbond substituents is 2. The molecule has 1 aliphatic rings. The van der Waals surface area contributed by atoms with E-state index in [0.29, 0.717) is 0 Å². The summed E-state index contributed by atoms with van der Waals surface area (Å²) in [5.41, 5.74) is -0.216. The van der Waals surface area contributed by atoms with Gasteiger partial charge in [0.1, 0.15) is 31.0 Å². The van der Waals surface area contributed by atoms with E-state index in [2.05, 4.69) is 0 Å². The average molecular weight is 540 g/mol. The Labute approximate surface area is 216 Å². The Hall–Kier alpha value is -3.98. The lowest BCUT2D eigenvalue weighted by Gasteiger charge is -2.39. The van der Waals surface area contributed by atoms with Crippen LogP contribution in [0.5, 0.6) is 34.5 Å². The topological polar surface area (TPSA) is 200 Å². The van der Waals surface area contributed by atoms with E-state index in [0.717, 1.165) is 12.1 Å². The van der Waals surface area contributed by atoms with Gasteiger partial charge in [0.2, 0.25) is 17.8 Å². The summed E-state index contributed by atoms with van der Waals surface area (Å²) < 4.78 is 35.7. The lowest BCUT2D eigenvalue weighted by atomic mass is 9.99. The van der Waals surface area contributed by atoms with E-state index in [1.54, 1.807) is 0 Å². The zero-order valence-electron chi connectivity index (χ0n) is 20.8. The molecule has 5 atom stereocenters. The van der Waals surface area contributed by atoms with Crippen molar-refractivity contribution in [2.75, 3.05) is 35.0 Å². The fourth-order valence-electron chi connectivity index (χ4n) is 3.59. The molecule has 14 heteroatoms. The summed E-state index contributed by atoms with van der Waals surface area (Å²) in [5.74, 6) is -2.96. The first kappa shape index (κ1) is 28.6. The van der Waals surface area contributed by atoms with Gasteiger partial charge in [0, 0.05) is 0 Å². The number of esters is 2. The molecule has 1 saturated heterocycles. The largest absolute Gasteiger partial charge is 0.502 e. The number of methoxy groups -OCH3 is 4. The molecule has 5 unspecified atom stereocenters. The van der Waals surface area contributed by atoms with Crippen LogP contribution < -0.4 is 18.9 Å². The van der Waals surface area contributed by atoms with Crippen LogP contribution in [0.4, 0.5) is 0 Å². The number of hydrogen-bond donors (Lipinski definition) is 5. The molecule has 3 rings (SSSR count). The minimum absolute atomic E-state index is 0.0572. The van der Waals surface area contributed by atoms with E-state index in [4.69, 9.17) is 33.2 Å². The van der Waals surface area contributed by atoms with E-state index >= 15 is 0 Å².